The van der Waals surface area contributed by atoms with Gasteiger partial charge in [0.1, 0.15) is 11.5 Å². The van der Waals surface area contributed by atoms with Gasteiger partial charge < -0.3 is 19.7 Å². The van der Waals surface area contributed by atoms with Crippen LogP contribution in [0.15, 0.2) is 72.8 Å². The van der Waals surface area contributed by atoms with Gasteiger partial charge in [0.05, 0.1) is 7.11 Å². The van der Waals surface area contributed by atoms with Gasteiger partial charge in [-0.15, -0.1) is 0 Å². The van der Waals surface area contributed by atoms with Crippen molar-refractivity contribution < 1.29 is 19.1 Å². The number of hydrogen-bond donors (Lipinski definition) is 1. The van der Waals surface area contributed by atoms with Crippen molar-refractivity contribution in [2.45, 2.75) is 13.0 Å². The third-order valence-corrected chi connectivity index (χ3v) is 5.23. The minimum absolute atomic E-state index is 0.0427. The van der Waals surface area contributed by atoms with Crippen LogP contribution in [-0.4, -0.2) is 32.1 Å². The maximum atomic E-state index is 13.0. The molecule has 0 saturated heterocycles. The number of nitrogens with zero attached hydrogens (tertiary/aromatic N) is 1. The number of ether oxygens (including phenoxy) is 2. The zero-order chi connectivity index (χ0) is 21.6. The third kappa shape index (κ3) is 4.86. The lowest BCUT2D eigenvalue weighted by atomic mass is 10.1. The molecule has 31 heavy (non-hydrogen) atoms. The van der Waals surface area contributed by atoms with Crippen molar-refractivity contribution in [2.75, 3.05) is 25.2 Å². The van der Waals surface area contributed by atoms with Crippen LogP contribution in [0.2, 0.25) is 0 Å². The molecule has 1 aliphatic rings. The number of para-hydroxylation sites is 1. The van der Waals surface area contributed by atoms with Crippen LogP contribution < -0.4 is 19.7 Å². The number of anilines is 1. The van der Waals surface area contributed by atoms with Gasteiger partial charge in [-0.3, -0.25) is 9.59 Å². The van der Waals surface area contributed by atoms with Crippen LogP contribution >= 0.6 is 0 Å². The van der Waals surface area contributed by atoms with Crippen molar-refractivity contribution >= 4 is 17.5 Å². The Morgan fingerprint density at radius 2 is 1.74 bits per heavy atom. The third-order valence-electron chi connectivity index (χ3n) is 5.23. The molecule has 0 radical (unpaired) electrons. The van der Waals surface area contributed by atoms with Crippen LogP contribution in [0.4, 0.5) is 5.69 Å². The topological polar surface area (TPSA) is 67.9 Å². The molecule has 0 bridgehead atoms. The molecule has 1 N–H and O–H groups in total. The van der Waals surface area contributed by atoms with Crippen molar-refractivity contribution in [2.24, 2.45) is 0 Å². The Labute approximate surface area is 181 Å². The minimum atomic E-state index is -0.199. The van der Waals surface area contributed by atoms with E-state index >= 15 is 0 Å². The number of amides is 2. The number of benzene rings is 3. The first-order valence-electron chi connectivity index (χ1n) is 10.2. The Hall–Kier alpha value is -3.80. The standard InChI is InChI=1S/C25H24N2O4/c1-30-21-11-9-20(10-12-21)25(29)27-14-13-19-8-7-18(15-23(19)27)16-26-24(28)17-31-22-5-3-2-4-6-22/h2-12,15H,13-14,16-17H2,1H3,(H,26,28). The summed E-state index contributed by atoms with van der Waals surface area (Å²) in [5.41, 5.74) is 3.57. The van der Waals surface area contributed by atoms with Crippen molar-refractivity contribution in [1.82, 2.24) is 5.32 Å². The molecule has 0 aromatic heterocycles. The molecule has 0 saturated carbocycles. The highest BCUT2D eigenvalue weighted by atomic mass is 16.5. The van der Waals surface area contributed by atoms with E-state index in [1.54, 1.807) is 36.3 Å². The van der Waals surface area contributed by atoms with E-state index < -0.39 is 0 Å². The summed E-state index contributed by atoms with van der Waals surface area (Å²) in [7, 11) is 1.60. The van der Waals surface area contributed by atoms with Crippen LogP contribution in [0.1, 0.15) is 21.5 Å². The van der Waals surface area contributed by atoms with E-state index in [0.717, 1.165) is 23.2 Å². The van der Waals surface area contributed by atoms with Crippen molar-refractivity contribution in [3.63, 3.8) is 0 Å². The Balaban J connectivity index is 1.38. The molecule has 6 heteroatoms. The molecule has 2 amide bonds. The predicted molar refractivity (Wildman–Crippen MR) is 119 cm³/mol. The Kier molecular flexibility index (Phi) is 6.17. The van der Waals surface area contributed by atoms with E-state index in [-0.39, 0.29) is 18.4 Å². The average molecular weight is 416 g/mol. The van der Waals surface area contributed by atoms with Gasteiger partial charge in [-0.1, -0.05) is 30.3 Å². The molecular formula is C25H24N2O4. The van der Waals surface area contributed by atoms with Gasteiger partial charge in [0.2, 0.25) is 0 Å². The van der Waals surface area contributed by atoms with Crippen LogP contribution in [0.3, 0.4) is 0 Å². The summed E-state index contributed by atoms with van der Waals surface area (Å²) in [5.74, 6) is 1.13. The summed E-state index contributed by atoms with van der Waals surface area (Å²) in [6, 6.07) is 22.3. The van der Waals surface area contributed by atoms with Gasteiger partial charge in [-0.2, -0.15) is 0 Å². The molecule has 0 spiro atoms. The lowest BCUT2D eigenvalue weighted by Gasteiger charge is -2.18. The summed E-state index contributed by atoms with van der Waals surface area (Å²) in [4.78, 5) is 26.9. The molecule has 0 fully saturated rings. The predicted octanol–water partition coefficient (Wildman–Crippen LogP) is 3.59. The largest absolute Gasteiger partial charge is 0.497 e. The number of nitrogens with one attached hydrogen (secondary N) is 1. The number of methoxy groups -OCH3 is 1. The highest BCUT2D eigenvalue weighted by molar-refractivity contribution is 6.07. The minimum Gasteiger partial charge on any atom is -0.497 e. The molecule has 0 aliphatic carbocycles. The van der Waals surface area contributed by atoms with E-state index in [9.17, 15) is 9.59 Å². The Morgan fingerprint density at radius 3 is 2.48 bits per heavy atom. The summed E-state index contributed by atoms with van der Waals surface area (Å²) in [6.45, 7) is 0.965. The number of carbonyl (C=O) groups excluding carboxylic acids is 2. The summed E-state index contributed by atoms with van der Waals surface area (Å²) < 4.78 is 10.6. The first kappa shape index (κ1) is 20.5. The molecule has 3 aromatic carbocycles. The lowest BCUT2D eigenvalue weighted by molar-refractivity contribution is -0.123. The van der Waals surface area contributed by atoms with E-state index in [0.29, 0.717) is 30.2 Å². The van der Waals surface area contributed by atoms with E-state index in [1.165, 1.54) is 0 Å². The van der Waals surface area contributed by atoms with Gasteiger partial charge in [0.15, 0.2) is 6.61 Å². The maximum absolute atomic E-state index is 13.0. The summed E-state index contributed by atoms with van der Waals surface area (Å²) in [5, 5.41) is 2.87. The van der Waals surface area contributed by atoms with Crippen LogP contribution in [0.25, 0.3) is 0 Å². The molecule has 1 heterocycles. The number of hydrogen-bond acceptors (Lipinski definition) is 4. The van der Waals surface area contributed by atoms with Crippen LogP contribution in [-0.2, 0) is 17.8 Å². The first-order valence-corrected chi connectivity index (χ1v) is 10.2. The maximum Gasteiger partial charge on any atom is 0.258 e. The molecule has 6 nitrogen and oxygen atoms in total. The second-order valence-corrected chi connectivity index (χ2v) is 7.28. The van der Waals surface area contributed by atoms with Gasteiger partial charge in [0, 0.05) is 24.3 Å². The fraction of sp³-hybridized carbons (Fsp3) is 0.200. The van der Waals surface area contributed by atoms with Crippen molar-refractivity contribution in [3.8, 4) is 11.5 Å². The van der Waals surface area contributed by atoms with Crippen LogP contribution in [0, 0.1) is 0 Å². The SMILES string of the molecule is COc1ccc(C(=O)N2CCc3ccc(CNC(=O)COc4ccccc4)cc32)cc1. The average Bonchev–Trinajstić information content (AvgIpc) is 3.25. The highest BCUT2D eigenvalue weighted by Crippen LogP contribution is 2.30. The van der Waals surface area contributed by atoms with E-state index in [2.05, 4.69) is 5.32 Å². The highest BCUT2D eigenvalue weighted by Gasteiger charge is 2.25. The Bertz CT molecular complexity index is 1060. The lowest BCUT2D eigenvalue weighted by Crippen LogP contribution is -2.29. The normalized spacial score (nSPS) is 12.2. The Morgan fingerprint density at radius 1 is 0.968 bits per heavy atom. The second kappa shape index (κ2) is 9.34. The molecule has 158 valence electrons. The molecule has 4 rings (SSSR count). The number of fused-ring (bicyclic) bond motifs is 1. The van der Waals surface area contributed by atoms with Gasteiger partial charge >= 0.3 is 0 Å². The van der Waals surface area contributed by atoms with Crippen molar-refractivity contribution in [3.05, 3.63) is 89.5 Å². The zero-order valence-corrected chi connectivity index (χ0v) is 17.3. The van der Waals surface area contributed by atoms with E-state index in [4.69, 9.17) is 9.47 Å². The number of carbonyl (C=O) groups is 2. The second-order valence-electron chi connectivity index (χ2n) is 7.28. The van der Waals surface area contributed by atoms with Gasteiger partial charge in [-0.05, 0) is 60.0 Å². The fourth-order valence-electron chi connectivity index (χ4n) is 3.55. The van der Waals surface area contributed by atoms with Crippen LogP contribution in [0.5, 0.6) is 11.5 Å². The molecular weight excluding hydrogens is 392 g/mol. The molecule has 0 unspecified atom stereocenters. The number of rotatable bonds is 7. The molecule has 3 aromatic rings. The van der Waals surface area contributed by atoms with Gasteiger partial charge in [0.25, 0.3) is 11.8 Å². The van der Waals surface area contributed by atoms with E-state index in [1.807, 2.05) is 48.5 Å². The molecule has 1 aliphatic heterocycles. The quantitative estimate of drug-likeness (QED) is 0.639. The summed E-state index contributed by atoms with van der Waals surface area (Å²) in [6.07, 6.45) is 0.814. The monoisotopic (exact) mass is 416 g/mol. The summed E-state index contributed by atoms with van der Waals surface area (Å²) >= 11 is 0. The smallest absolute Gasteiger partial charge is 0.258 e. The zero-order valence-electron chi connectivity index (χ0n) is 17.3. The van der Waals surface area contributed by atoms with Gasteiger partial charge in [-0.25, -0.2) is 0 Å². The fourth-order valence-corrected chi connectivity index (χ4v) is 3.55. The first-order chi connectivity index (χ1) is 15.1. The van der Waals surface area contributed by atoms with Crippen molar-refractivity contribution in [1.29, 1.82) is 0 Å². The molecule has 0 atom stereocenters.